The van der Waals surface area contributed by atoms with Gasteiger partial charge in [-0.3, -0.25) is 9.10 Å². The molecule has 0 aliphatic carbocycles. The summed E-state index contributed by atoms with van der Waals surface area (Å²) in [4.78, 5) is 12.4. The number of sulfonamides is 1. The Bertz CT molecular complexity index is 649. The van der Waals surface area contributed by atoms with E-state index in [1.807, 2.05) is 19.1 Å². The summed E-state index contributed by atoms with van der Waals surface area (Å²) in [6.45, 7) is 10.4. The lowest BCUT2D eigenvalue weighted by molar-refractivity contribution is -0.121. The number of rotatable bonds is 7. The number of benzene rings is 1. The summed E-state index contributed by atoms with van der Waals surface area (Å²) in [5.41, 5.74) is 1.53. The highest BCUT2D eigenvalue weighted by atomic mass is 32.2. The van der Waals surface area contributed by atoms with Crippen molar-refractivity contribution in [3.8, 4) is 0 Å². The van der Waals surface area contributed by atoms with E-state index in [1.54, 1.807) is 30.8 Å². The second-order valence-electron chi connectivity index (χ2n) is 6.82. The van der Waals surface area contributed by atoms with Gasteiger partial charge in [-0.2, -0.15) is 11.8 Å². The molecule has 0 spiro atoms. The van der Waals surface area contributed by atoms with E-state index in [-0.39, 0.29) is 10.7 Å². The van der Waals surface area contributed by atoms with Gasteiger partial charge in [-0.25, -0.2) is 8.42 Å². The average Bonchev–Trinajstić information content (AvgIpc) is 2.43. The normalized spacial score (nSPS) is 13.4. The van der Waals surface area contributed by atoms with Gasteiger partial charge in [0.25, 0.3) is 0 Å². The van der Waals surface area contributed by atoms with Crippen molar-refractivity contribution >= 4 is 33.4 Å². The minimum Gasteiger partial charge on any atom is -0.353 e. The highest BCUT2D eigenvalue weighted by molar-refractivity contribution is 8.00. The zero-order chi connectivity index (χ0) is 18.5. The number of thioether (sulfide) groups is 1. The Morgan fingerprint density at radius 2 is 1.79 bits per heavy atom. The molecule has 7 heteroatoms. The summed E-state index contributed by atoms with van der Waals surface area (Å²) >= 11 is 1.75. The first-order valence-electron chi connectivity index (χ1n) is 7.89. The minimum atomic E-state index is -3.56. The van der Waals surface area contributed by atoms with E-state index in [0.717, 1.165) is 17.6 Å². The molecular weight excluding hydrogens is 344 g/mol. The van der Waals surface area contributed by atoms with E-state index in [2.05, 4.69) is 26.1 Å². The van der Waals surface area contributed by atoms with Crippen molar-refractivity contribution in [1.29, 1.82) is 0 Å². The Morgan fingerprint density at radius 3 is 2.25 bits per heavy atom. The molecule has 1 aromatic carbocycles. The predicted octanol–water partition coefficient (Wildman–Crippen LogP) is 2.80. The summed E-state index contributed by atoms with van der Waals surface area (Å²) in [6, 6.07) is 6.30. The third kappa shape index (κ3) is 6.73. The van der Waals surface area contributed by atoms with Crippen molar-refractivity contribution in [3.05, 3.63) is 29.8 Å². The zero-order valence-electron chi connectivity index (χ0n) is 15.3. The molecule has 0 fully saturated rings. The van der Waals surface area contributed by atoms with Gasteiger partial charge in [0.05, 0.1) is 11.9 Å². The van der Waals surface area contributed by atoms with Crippen LogP contribution in [0.15, 0.2) is 24.3 Å². The fourth-order valence-electron chi connectivity index (χ4n) is 2.18. The molecule has 0 saturated carbocycles. The standard InChI is InChI=1S/C17H28N2O3S2/c1-13-7-9-15(10-8-13)19(24(6,21)22)14(2)16(20)18-11-12-23-17(3,4)5/h7-10,14H,11-12H2,1-6H3,(H,18,20)/t14-/m1/s1. The summed E-state index contributed by atoms with van der Waals surface area (Å²) in [5.74, 6) is 0.487. The molecule has 0 unspecified atom stereocenters. The van der Waals surface area contributed by atoms with Gasteiger partial charge in [0.2, 0.25) is 15.9 Å². The summed E-state index contributed by atoms with van der Waals surface area (Å²) < 4.78 is 25.6. The van der Waals surface area contributed by atoms with Crippen molar-refractivity contribution in [1.82, 2.24) is 5.32 Å². The first-order valence-corrected chi connectivity index (χ1v) is 10.7. The van der Waals surface area contributed by atoms with Crippen LogP contribution in [0.1, 0.15) is 33.3 Å². The molecule has 0 bridgehead atoms. The first kappa shape index (κ1) is 20.8. The van der Waals surface area contributed by atoms with Crippen LogP contribution in [-0.2, 0) is 14.8 Å². The maximum atomic E-state index is 12.4. The lowest BCUT2D eigenvalue weighted by atomic mass is 10.2. The number of carbonyl (C=O) groups is 1. The number of anilines is 1. The molecule has 1 N–H and O–H groups in total. The predicted molar refractivity (Wildman–Crippen MR) is 103 cm³/mol. The average molecular weight is 373 g/mol. The molecule has 136 valence electrons. The quantitative estimate of drug-likeness (QED) is 0.748. The maximum Gasteiger partial charge on any atom is 0.243 e. The van der Waals surface area contributed by atoms with Crippen molar-refractivity contribution < 1.29 is 13.2 Å². The third-order valence-electron chi connectivity index (χ3n) is 3.31. The minimum absolute atomic E-state index is 0.136. The highest BCUT2D eigenvalue weighted by Gasteiger charge is 2.28. The van der Waals surface area contributed by atoms with Crippen LogP contribution in [0.25, 0.3) is 0 Å². The molecular formula is C17H28N2O3S2. The van der Waals surface area contributed by atoms with Crippen LogP contribution in [-0.4, -0.2) is 43.7 Å². The Kier molecular flexibility index (Phi) is 7.16. The Morgan fingerprint density at radius 1 is 1.25 bits per heavy atom. The maximum absolute atomic E-state index is 12.4. The summed E-state index contributed by atoms with van der Waals surface area (Å²) in [6.07, 6.45) is 1.12. The summed E-state index contributed by atoms with van der Waals surface area (Å²) in [7, 11) is -3.56. The molecule has 0 radical (unpaired) electrons. The number of carbonyl (C=O) groups excluding carboxylic acids is 1. The second kappa shape index (κ2) is 8.25. The first-order chi connectivity index (χ1) is 10.9. The molecule has 0 aliphatic heterocycles. The highest BCUT2D eigenvalue weighted by Crippen LogP contribution is 2.23. The van der Waals surface area contributed by atoms with Gasteiger partial charge >= 0.3 is 0 Å². The van der Waals surface area contributed by atoms with E-state index in [1.165, 1.54) is 4.31 Å². The largest absolute Gasteiger partial charge is 0.353 e. The lowest BCUT2D eigenvalue weighted by Crippen LogP contribution is -2.48. The number of nitrogens with one attached hydrogen (secondary N) is 1. The van der Waals surface area contributed by atoms with Gasteiger partial charge in [-0.05, 0) is 26.0 Å². The van der Waals surface area contributed by atoms with Gasteiger partial charge in [-0.1, -0.05) is 38.5 Å². The lowest BCUT2D eigenvalue weighted by Gasteiger charge is -2.28. The number of nitrogens with zero attached hydrogens (tertiary/aromatic N) is 1. The van der Waals surface area contributed by atoms with E-state index < -0.39 is 16.1 Å². The van der Waals surface area contributed by atoms with Gasteiger partial charge in [0.15, 0.2) is 0 Å². The van der Waals surface area contributed by atoms with Gasteiger partial charge in [-0.15, -0.1) is 0 Å². The number of hydrogen-bond acceptors (Lipinski definition) is 4. The van der Waals surface area contributed by atoms with Crippen molar-refractivity contribution in [2.45, 2.75) is 45.4 Å². The number of hydrogen-bond donors (Lipinski definition) is 1. The van der Waals surface area contributed by atoms with E-state index >= 15 is 0 Å². The van der Waals surface area contributed by atoms with Crippen molar-refractivity contribution in [2.24, 2.45) is 0 Å². The van der Waals surface area contributed by atoms with Crippen molar-refractivity contribution in [2.75, 3.05) is 22.9 Å². The molecule has 0 saturated heterocycles. The molecule has 1 aromatic rings. The summed E-state index contributed by atoms with van der Waals surface area (Å²) in [5, 5.41) is 2.82. The third-order valence-corrected chi connectivity index (χ3v) is 5.83. The fourth-order valence-corrected chi connectivity index (χ4v) is 4.17. The van der Waals surface area contributed by atoms with Crippen LogP contribution in [0, 0.1) is 6.92 Å². The molecule has 1 atom stereocenters. The van der Waals surface area contributed by atoms with Crippen LogP contribution in [0.3, 0.4) is 0 Å². The smallest absolute Gasteiger partial charge is 0.243 e. The van der Waals surface area contributed by atoms with Crippen LogP contribution < -0.4 is 9.62 Å². The number of amides is 1. The van der Waals surface area contributed by atoms with E-state index in [9.17, 15) is 13.2 Å². The molecule has 1 rings (SSSR count). The molecule has 0 aliphatic rings. The van der Waals surface area contributed by atoms with E-state index in [0.29, 0.717) is 12.2 Å². The van der Waals surface area contributed by atoms with Crippen LogP contribution >= 0.6 is 11.8 Å². The van der Waals surface area contributed by atoms with E-state index in [4.69, 9.17) is 0 Å². The fraction of sp³-hybridized carbons (Fsp3) is 0.588. The molecule has 0 aromatic heterocycles. The Labute approximate surface area is 150 Å². The SMILES string of the molecule is Cc1ccc(N([C@H](C)C(=O)NCCSC(C)(C)C)S(C)(=O)=O)cc1. The van der Waals surface area contributed by atoms with Crippen LogP contribution in [0.4, 0.5) is 5.69 Å². The number of aryl methyl sites for hydroxylation is 1. The Hall–Kier alpha value is -1.21. The van der Waals surface area contributed by atoms with Gasteiger partial charge < -0.3 is 5.32 Å². The van der Waals surface area contributed by atoms with Gasteiger partial charge in [0.1, 0.15) is 6.04 Å². The Balaban J connectivity index is 2.80. The topological polar surface area (TPSA) is 66.5 Å². The van der Waals surface area contributed by atoms with Gasteiger partial charge in [0, 0.05) is 17.0 Å². The van der Waals surface area contributed by atoms with Crippen LogP contribution in [0.2, 0.25) is 0 Å². The molecule has 24 heavy (non-hydrogen) atoms. The second-order valence-corrected chi connectivity index (χ2v) is 10.6. The van der Waals surface area contributed by atoms with Crippen LogP contribution in [0.5, 0.6) is 0 Å². The molecule has 0 heterocycles. The molecule has 1 amide bonds. The zero-order valence-corrected chi connectivity index (χ0v) is 16.9. The monoisotopic (exact) mass is 372 g/mol. The van der Waals surface area contributed by atoms with Crippen molar-refractivity contribution in [3.63, 3.8) is 0 Å². The molecule has 5 nitrogen and oxygen atoms in total.